The topological polar surface area (TPSA) is 55.7 Å². The zero-order chi connectivity index (χ0) is 15.9. The van der Waals surface area contributed by atoms with Gasteiger partial charge in [-0.3, -0.25) is 5.43 Å². The van der Waals surface area contributed by atoms with Crippen molar-refractivity contribution in [1.29, 1.82) is 0 Å². The van der Waals surface area contributed by atoms with Gasteiger partial charge in [-0.25, -0.2) is 4.98 Å². The Morgan fingerprint density at radius 2 is 2.27 bits per heavy atom. The van der Waals surface area contributed by atoms with Crippen LogP contribution in [0.15, 0.2) is 35.3 Å². The largest absolute Gasteiger partial charge is 0.493 e. The van der Waals surface area contributed by atoms with E-state index in [0.29, 0.717) is 28.7 Å². The number of benzene rings is 1. The van der Waals surface area contributed by atoms with Gasteiger partial charge in [0.1, 0.15) is 6.61 Å². The highest BCUT2D eigenvalue weighted by molar-refractivity contribution is 7.13. The van der Waals surface area contributed by atoms with Gasteiger partial charge in [-0.1, -0.05) is 24.3 Å². The second-order valence-electron chi connectivity index (χ2n) is 4.29. The number of thiazole rings is 1. The van der Waals surface area contributed by atoms with Crippen LogP contribution in [0, 0.1) is 6.92 Å². The minimum atomic E-state index is 0.380. The molecule has 0 bridgehead atoms. The Balaban J connectivity index is 2.14. The summed E-state index contributed by atoms with van der Waals surface area (Å²) >= 11 is 7.71. The molecule has 0 atom stereocenters. The van der Waals surface area contributed by atoms with Gasteiger partial charge >= 0.3 is 0 Å². The zero-order valence-electron chi connectivity index (χ0n) is 12.3. The van der Waals surface area contributed by atoms with Crippen LogP contribution in [0.2, 0.25) is 5.02 Å². The molecule has 5 nitrogen and oxygen atoms in total. The average molecular weight is 338 g/mol. The van der Waals surface area contributed by atoms with Crippen molar-refractivity contribution in [2.24, 2.45) is 5.10 Å². The van der Waals surface area contributed by atoms with Gasteiger partial charge in [0.2, 0.25) is 5.13 Å². The number of hydrazone groups is 1. The van der Waals surface area contributed by atoms with Crippen molar-refractivity contribution >= 4 is 34.3 Å². The maximum absolute atomic E-state index is 6.23. The summed E-state index contributed by atoms with van der Waals surface area (Å²) in [6.07, 6.45) is 3.27. The molecule has 0 fully saturated rings. The number of methoxy groups -OCH3 is 1. The van der Waals surface area contributed by atoms with Crippen LogP contribution in [-0.2, 0) is 0 Å². The number of halogens is 1. The Hall–Kier alpha value is -2.05. The predicted molar refractivity (Wildman–Crippen MR) is 91.8 cm³/mol. The molecular formula is C15H16ClN3O2S. The summed E-state index contributed by atoms with van der Waals surface area (Å²) in [7, 11) is 1.57. The maximum atomic E-state index is 6.23. The van der Waals surface area contributed by atoms with E-state index in [2.05, 4.69) is 22.1 Å². The minimum Gasteiger partial charge on any atom is -0.493 e. The van der Waals surface area contributed by atoms with E-state index < -0.39 is 0 Å². The third-order valence-electron chi connectivity index (χ3n) is 2.62. The molecule has 2 rings (SSSR count). The third kappa shape index (κ3) is 4.22. The van der Waals surface area contributed by atoms with E-state index in [4.69, 9.17) is 21.1 Å². The van der Waals surface area contributed by atoms with Gasteiger partial charge in [-0.2, -0.15) is 5.10 Å². The van der Waals surface area contributed by atoms with E-state index in [0.717, 1.165) is 10.8 Å². The lowest BCUT2D eigenvalue weighted by atomic mass is 10.2. The molecule has 0 saturated heterocycles. The third-order valence-corrected chi connectivity index (χ3v) is 3.81. The van der Waals surface area contributed by atoms with Gasteiger partial charge < -0.3 is 9.47 Å². The van der Waals surface area contributed by atoms with Crippen molar-refractivity contribution < 1.29 is 9.47 Å². The van der Waals surface area contributed by atoms with Crippen LogP contribution >= 0.6 is 22.9 Å². The molecule has 1 aromatic heterocycles. The number of hydrogen-bond acceptors (Lipinski definition) is 6. The molecule has 0 saturated carbocycles. The summed E-state index contributed by atoms with van der Waals surface area (Å²) in [5.41, 5.74) is 4.52. The second kappa shape index (κ2) is 7.82. The summed E-state index contributed by atoms with van der Waals surface area (Å²) in [5.74, 6) is 1.14. The van der Waals surface area contributed by atoms with Gasteiger partial charge in [-0.15, -0.1) is 11.3 Å². The Kier molecular flexibility index (Phi) is 5.80. The van der Waals surface area contributed by atoms with Crippen molar-refractivity contribution in [3.05, 3.63) is 46.4 Å². The maximum Gasteiger partial charge on any atom is 0.203 e. The van der Waals surface area contributed by atoms with E-state index in [1.807, 2.05) is 12.3 Å². The molecule has 7 heteroatoms. The van der Waals surface area contributed by atoms with Crippen LogP contribution < -0.4 is 14.9 Å². The summed E-state index contributed by atoms with van der Waals surface area (Å²) in [6.45, 7) is 5.91. The fraction of sp³-hybridized carbons (Fsp3) is 0.200. The van der Waals surface area contributed by atoms with Gasteiger partial charge in [0.05, 0.1) is 24.0 Å². The first-order valence-corrected chi connectivity index (χ1v) is 7.72. The standard InChI is InChI=1S/C15H16ClN3O2S/c1-4-5-21-14-7-12(16)11(6-13(14)20-3)8-17-19-15-18-10(2)9-22-15/h4,6-9H,1,5H2,2-3H3,(H,18,19). The Morgan fingerprint density at radius 3 is 2.91 bits per heavy atom. The van der Waals surface area contributed by atoms with E-state index >= 15 is 0 Å². The highest BCUT2D eigenvalue weighted by atomic mass is 35.5. The normalized spacial score (nSPS) is 10.7. The number of rotatable bonds is 7. The summed E-state index contributed by atoms with van der Waals surface area (Å²) < 4.78 is 10.8. The number of ether oxygens (including phenoxy) is 2. The summed E-state index contributed by atoms with van der Waals surface area (Å²) in [4.78, 5) is 4.25. The van der Waals surface area contributed by atoms with Crippen molar-refractivity contribution in [1.82, 2.24) is 4.98 Å². The molecule has 1 heterocycles. The predicted octanol–water partition coefficient (Wildman–Crippen LogP) is 4.12. The first kappa shape index (κ1) is 16.3. The first-order chi connectivity index (χ1) is 10.6. The van der Waals surface area contributed by atoms with Gasteiger partial charge in [-0.05, 0) is 13.0 Å². The highest BCUT2D eigenvalue weighted by Gasteiger charge is 2.09. The monoisotopic (exact) mass is 337 g/mol. The van der Waals surface area contributed by atoms with Gasteiger partial charge in [0.15, 0.2) is 11.5 Å². The number of hydrogen-bond donors (Lipinski definition) is 1. The molecule has 1 aromatic carbocycles. The number of aromatic nitrogens is 1. The molecule has 0 aliphatic rings. The molecule has 0 aliphatic carbocycles. The number of nitrogens with one attached hydrogen (secondary N) is 1. The minimum absolute atomic E-state index is 0.380. The van der Waals surface area contributed by atoms with Crippen molar-refractivity contribution in [2.45, 2.75) is 6.92 Å². The van der Waals surface area contributed by atoms with Gasteiger partial charge in [0.25, 0.3) is 0 Å². The van der Waals surface area contributed by atoms with Gasteiger partial charge in [0, 0.05) is 17.0 Å². The van der Waals surface area contributed by atoms with E-state index in [1.54, 1.807) is 31.5 Å². The lowest BCUT2D eigenvalue weighted by Crippen LogP contribution is -1.98. The number of aryl methyl sites for hydroxylation is 1. The molecule has 0 amide bonds. The Morgan fingerprint density at radius 1 is 1.45 bits per heavy atom. The molecule has 2 aromatic rings. The lowest BCUT2D eigenvalue weighted by molar-refractivity contribution is 0.326. The van der Waals surface area contributed by atoms with Crippen LogP contribution in [0.5, 0.6) is 11.5 Å². The highest BCUT2D eigenvalue weighted by Crippen LogP contribution is 2.32. The number of nitrogens with zero attached hydrogens (tertiary/aromatic N) is 2. The summed E-state index contributed by atoms with van der Waals surface area (Å²) in [6, 6.07) is 3.46. The molecule has 0 spiro atoms. The molecule has 0 aliphatic heterocycles. The molecule has 0 radical (unpaired) electrons. The van der Waals surface area contributed by atoms with Crippen LogP contribution in [0.25, 0.3) is 0 Å². The van der Waals surface area contributed by atoms with Crippen LogP contribution in [0.1, 0.15) is 11.3 Å². The summed E-state index contributed by atoms with van der Waals surface area (Å²) in [5, 5.41) is 7.31. The molecule has 116 valence electrons. The van der Waals surface area contributed by atoms with Crippen LogP contribution in [-0.4, -0.2) is 24.9 Å². The van der Waals surface area contributed by atoms with Crippen molar-refractivity contribution in [3.8, 4) is 11.5 Å². The van der Waals surface area contributed by atoms with Crippen LogP contribution in [0.4, 0.5) is 5.13 Å². The fourth-order valence-corrected chi connectivity index (χ4v) is 2.47. The van der Waals surface area contributed by atoms with E-state index in [1.165, 1.54) is 11.3 Å². The number of anilines is 1. The molecule has 1 N–H and O–H groups in total. The molecule has 22 heavy (non-hydrogen) atoms. The first-order valence-electron chi connectivity index (χ1n) is 6.46. The van der Waals surface area contributed by atoms with E-state index in [9.17, 15) is 0 Å². The average Bonchev–Trinajstić information content (AvgIpc) is 2.92. The molecular weight excluding hydrogens is 322 g/mol. The second-order valence-corrected chi connectivity index (χ2v) is 5.55. The van der Waals surface area contributed by atoms with Crippen molar-refractivity contribution in [2.75, 3.05) is 19.1 Å². The van der Waals surface area contributed by atoms with Crippen LogP contribution in [0.3, 0.4) is 0 Å². The fourth-order valence-electron chi connectivity index (χ4n) is 1.63. The Labute approximate surface area is 138 Å². The Bertz CT molecular complexity index is 685. The molecule has 0 unspecified atom stereocenters. The lowest BCUT2D eigenvalue weighted by Gasteiger charge is -2.11. The van der Waals surface area contributed by atoms with Crippen molar-refractivity contribution in [3.63, 3.8) is 0 Å². The van der Waals surface area contributed by atoms with E-state index in [-0.39, 0.29) is 0 Å². The smallest absolute Gasteiger partial charge is 0.203 e. The zero-order valence-corrected chi connectivity index (χ0v) is 13.9. The quantitative estimate of drug-likeness (QED) is 0.469. The SMILES string of the molecule is C=CCOc1cc(Cl)c(C=NNc2nc(C)cs2)cc1OC.